The Morgan fingerprint density at radius 1 is 1.10 bits per heavy atom. The van der Waals surface area contributed by atoms with Gasteiger partial charge in [-0.05, 0) is 6.07 Å². The summed E-state index contributed by atoms with van der Waals surface area (Å²) in [5, 5.41) is -0.0757. The molecule has 0 saturated heterocycles. The van der Waals surface area contributed by atoms with Gasteiger partial charge in [0.15, 0.2) is 0 Å². The Hall–Kier alpha value is -1.79. The van der Waals surface area contributed by atoms with Gasteiger partial charge in [0.2, 0.25) is 0 Å². The normalized spacial score (nSPS) is 14.5. The van der Waals surface area contributed by atoms with Crippen molar-refractivity contribution in [3.05, 3.63) is 35.5 Å². The molecule has 1 atom stereocenters. The SMILES string of the molecule is Cc1nc([AsH2])c2nc(CC3CC3)n(CCCCCS(=O)(=O)c3ncccn3)c2c1C. The fraction of sp³-hybridized carbons (Fsp3) is 0.524. The third kappa shape index (κ3) is 4.59. The molecule has 0 radical (unpaired) electrons. The van der Waals surface area contributed by atoms with Gasteiger partial charge < -0.3 is 0 Å². The number of aryl methyl sites for hydroxylation is 3. The number of hydrogen-bond donors (Lipinski definition) is 0. The number of unbranched alkanes of at least 4 members (excludes halogenated alkanes) is 2. The Morgan fingerprint density at radius 3 is 2.53 bits per heavy atom. The van der Waals surface area contributed by atoms with Crippen molar-refractivity contribution in [1.29, 1.82) is 0 Å². The molecule has 1 unspecified atom stereocenters. The molecule has 3 aromatic heterocycles. The van der Waals surface area contributed by atoms with E-state index < -0.39 is 9.84 Å². The molecular weight excluding hydrogens is 461 g/mol. The van der Waals surface area contributed by atoms with Crippen LogP contribution in [0.1, 0.15) is 49.2 Å². The molecule has 160 valence electrons. The molecule has 9 heteroatoms. The molecule has 7 nitrogen and oxygen atoms in total. The molecule has 0 amide bonds. The zero-order valence-corrected chi connectivity index (χ0v) is 20.7. The summed E-state index contributed by atoms with van der Waals surface area (Å²) in [5.74, 6) is 2.00. The van der Waals surface area contributed by atoms with Gasteiger partial charge in [-0.3, -0.25) is 0 Å². The van der Waals surface area contributed by atoms with Crippen molar-refractivity contribution in [3.8, 4) is 0 Å². The van der Waals surface area contributed by atoms with Crippen molar-refractivity contribution >= 4 is 42.2 Å². The van der Waals surface area contributed by atoms with Crippen LogP contribution in [0.15, 0.2) is 23.6 Å². The van der Waals surface area contributed by atoms with E-state index in [1.165, 1.54) is 53.2 Å². The molecule has 0 spiro atoms. The molecular formula is C21H28AsN5O2S. The summed E-state index contributed by atoms with van der Waals surface area (Å²) in [6.07, 6.45) is 8.90. The molecule has 1 aliphatic carbocycles. The number of imidazole rings is 1. The van der Waals surface area contributed by atoms with Crippen LogP contribution >= 0.6 is 0 Å². The minimum atomic E-state index is -3.41. The average Bonchev–Trinajstić information content (AvgIpc) is 3.46. The van der Waals surface area contributed by atoms with Crippen molar-refractivity contribution in [2.75, 3.05) is 5.75 Å². The fourth-order valence-electron chi connectivity index (χ4n) is 3.80. The zero-order valence-electron chi connectivity index (χ0n) is 17.5. The minimum absolute atomic E-state index is 0.0757. The van der Waals surface area contributed by atoms with E-state index in [-0.39, 0.29) is 10.9 Å². The molecule has 1 fully saturated rings. The summed E-state index contributed by atoms with van der Waals surface area (Å²) in [5.41, 5.74) is 4.51. The van der Waals surface area contributed by atoms with Crippen LogP contribution in [-0.2, 0) is 22.8 Å². The first-order chi connectivity index (χ1) is 14.4. The fourth-order valence-corrected chi connectivity index (χ4v) is 5.84. The summed E-state index contributed by atoms with van der Waals surface area (Å²) in [6.45, 7) is 5.05. The Morgan fingerprint density at radius 2 is 1.83 bits per heavy atom. The first kappa shape index (κ1) is 21.4. The predicted molar refractivity (Wildman–Crippen MR) is 120 cm³/mol. The van der Waals surface area contributed by atoms with Crippen LogP contribution in [0, 0.1) is 19.8 Å². The Labute approximate surface area is 186 Å². The second kappa shape index (κ2) is 8.75. The van der Waals surface area contributed by atoms with Crippen molar-refractivity contribution < 1.29 is 8.42 Å². The molecule has 0 aliphatic heterocycles. The van der Waals surface area contributed by atoms with Crippen molar-refractivity contribution in [2.24, 2.45) is 5.92 Å². The molecule has 4 rings (SSSR count). The summed E-state index contributed by atoms with van der Waals surface area (Å²) >= 11 is 1.51. The summed E-state index contributed by atoms with van der Waals surface area (Å²) < 4.78 is 28.1. The molecule has 3 aromatic rings. The van der Waals surface area contributed by atoms with Gasteiger partial charge in [-0.25, -0.2) is 0 Å². The maximum atomic E-state index is 12.4. The van der Waals surface area contributed by atoms with Crippen LogP contribution in [0.2, 0.25) is 0 Å². The second-order valence-electron chi connectivity index (χ2n) is 8.14. The van der Waals surface area contributed by atoms with Crippen LogP contribution in [0.5, 0.6) is 0 Å². The van der Waals surface area contributed by atoms with Crippen LogP contribution < -0.4 is 4.48 Å². The van der Waals surface area contributed by atoms with E-state index in [4.69, 9.17) is 4.98 Å². The summed E-state index contributed by atoms with van der Waals surface area (Å²) in [4.78, 5) is 17.4. The van der Waals surface area contributed by atoms with Gasteiger partial charge in [0, 0.05) is 12.4 Å². The quantitative estimate of drug-likeness (QED) is 0.258. The van der Waals surface area contributed by atoms with Gasteiger partial charge in [-0.2, -0.15) is 0 Å². The van der Waals surface area contributed by atoms with Gasteiger partial charge in [-0.1, -0.05) is 0 Å². The van der Waals surface area contributed by atoms with Crippen LogP contribution in [-0.4, -0.2) is 55.5 Å². The Bertz CT molecular complexity index is 1160. The van der Waals surface area contributed by atoms with Gasteiger partial charge >= 0.3 is 168 Å². The van der Waals surface area contributed by atoms with Crippen molar-refractivity contribution in [3.63, 3.8) is 0 Å². The number of fused-ring (bicyclic) bond motifs is 1. The molecule has 1 saturated carbocycles. The Balaban J connectivity index is 1.45. The van der Waals surface area contributed by atoms with Crippen LogP contribution in [0.3, 0.4) is 0 Å². The first-order valence-corrected chi connectivity index (χ1v) is 13.3. The van der Waals surface area contributed by atoms with E-state index in [9.17, 15) is 8.42 Å². The summed E-state index contributed by atoms with van der Waals surface area (Å²) in [7, 11) is -3.41. The molecule has 0 aromatic carbocycles. The number of pyridine rings is 1. The van der Waals surface area contributed by atoms with Crippen molar-refractivity contribution in [2.45, 2.75) is 64.1 Å². The standard InChI is InChI=1S/C21H28AsN5O2S/c1-14-15(2)25-20(22)18-19(14)27(17(26-18)13-16-7-8-16)11-4-3-5-12-30(28,29)21-23-9-6-10-24-21/h6,9-10,16H,3-5,7-8,11-13,22H2,1-2H3. The van der Waals surface area contributed by atoms with Crippen LogP contribution in [0.4, 0.5) is 0 Å². The van der Waals surface area contributed by atoms with E-state index in [2.05, 4.69) is 33.4 Å². The maximum absolute atomic E-state index is 12.4. The van der Waals surface area contributed by atoms with Gasteiger partial charge in [-0.15, -0.1) is 0 Å². The Kier molecular flexibility index (Phi) is 6.26. The number of aromatic nitrogens is 5. The van der Waals surface area contributed by atoms with E-state index in [0.717, 1.165) is 53.2 Å². The number of rotatable bonds is 9. The van der Waals surface area contributed by atoms with E-state index >= 15 is 0 Å². The number of nitrogens with zero attached hydrogens (tertiary/aromatic N) is 5. The average molecular weight is 489 g/mol. The first-order valence-electron chi connectivity index (χ1n) is 10.5. The number of hydrogen-bond acceptors (Lipinski definition) is 6. The van der Waals surface area contributed by atoms with Crippen molar-refractivity contribution in [1.82, 2.24) is 24.5 Å². The van der Waals surface area contributed by atoms with E-state index in [1.54, 1.807) is 6.07 Å². The number of sulfone groups is 1. The zero-order chi connectivity index (χ0) is 21.3. The van der Waals surface area contributed by atoms with Gasteiger partial charge in [0.05, 0.1) is 0 Å². The molecule has 0 bridgehead atoms. The van der Waals surface area contributed by atoms with Crippen LogP contribution in [0.25, 0.3) is 11.0 Å². The monoisotopic (exact) mass is 489 g/mol. The van der Waals surface area contributed by atoms with Gasteiger partial charge in [0.1, 0.15) is 0 Å². The molecule has 3 heterocycles. The topological polar surface area (TPSA) is 90.6 Å². The molecule has 0 N–H and O–H groups in total. The third-order valence-corrected chi connectivity index (χ3v) is 8.20. The van der Waals surface area contributed by atoms with E-state index in [0.29, 0.717) is 6.42 Å². The van der Waals surface area contributed by atoms with E-state index in [1.807, 2.05) is 0 Å². The third-order valence-electron chi connectivity index (χ3n) is 5.76. The second-order valence-corrected chi connectivity index (χ2v) is 11.3. The molecule has 1 aliphatic rings. The predicted octanol–water partition coefficient (Wildman–Crippen LogP) is 1.69. The molecule has 30 heavy (non-hydrogen) atoms. The summed E-state index contributed by atoms with van der Waals surface area (Å²) in [6, 6.07) is 1.62. The van der Waals surface area contributed by atoms with Gasteiger partial charge in [0.25, 0.3) is 0 Å².